The van der Waals surface area contributed by atoms with Crippen LogP contribution in [0.4, 0.5) is 10.2 Å². The SMILES string of the molecule is C=C(N)n1ncc(C(=O)NC[C@H](C)Oc2ncc(F)cc2CN)c1NN. The zero-order chi connectivity index (χ0) is 19.3. The summed E-state index contributed by atoms with van der Waals surface area (Å²) in [5.74, 6) is 4.99. The average Bonchev–Trinajstić information content (AvgIpc) is 3.05. The molecule has 0 aliphatic carbocycles. The molecule has 2 aromatic heterocycles. The van der Waals surface area contributed by atoms with Crippen molar-refractivity contribution < 1.29 is 13.9 Å². The van der Waals surface area contributed by atoms with Gasteiger partial charge in [0, 0.05) is 12.1 Å². The summed E-state index contributed by atoms with van der Waals surface area (Å²) < 4.78 is 20.0. The minimum absolute atomic E-state index is 0.0763. The Hall–Kier alpha value is -3.18. The number of rotatable bonds is 8. The molecule has 0 unspecified atom stereocenters. The Morgan fingerprint density at radius 3 is 2.85 bits per heavy atom. The summed E-state index contributed by atoms with van der Waals surface area (Å²) in [6.45, 7) is 5.49. The standard InChI is InChI=1S/C15H21FN8O2/c1-8(26-15-10(4-17)3-11(16)6-21-15)5-20-14(25)12-7-22-24(9(2)18)13(12)23-19/h3,6-8,23H,2,4-5,17-19H2,1H3,(H,20,25)/t8-/m0/s1. The highest BCUT2D eigenvalue weighted by Gasteiger charge is 2.19. The molecule has 140 valence electrons. The van der Waals surface area contributed by atoms with Gasteiger partial charge in [0.15, 0.2) is 5.82 Å². The maximum absolute atomic E-state index is 13.2. The molecule has 0 fully saturated rings. The van der Waals surface area contributed by atoms with E-state index in [0.717, 1.165) is 6.20 Å². The van der Waals surface area contributed by atoms with Crippen LogP contribution in [0.25, 0.3) is 5.82 Å². The summed E-state index contributed by atoms with van der Waals surface area (Å²) in [7, 11) is 0. The number of ether oxygens (including phenoxy) is 1. The van der Waals surface area contributed by atoms with Crippen molar-refractivity contribution >= 4 is 17.5 Å². The second-order valence-electron chi connectivity index (χ2n) is 5.41. The largest absolute Gasteiger partial charge is 0.473 e. The molecule has 2 heterocycles. The highest BCUT2D eigenvalue weighted by Crippen LogP contribution is 2.18. The fourth-order valence-corrected chi connectivity index (χ4v) is 2.16. The van der Waals surface area contributed by atoms with E-state index >= 15 is 0 Å². The smallest absolute Gasteiger partial charge is 0.256 e. The highest BCUT2D eigenvalue weighted by molar-refractivity contribution is 5.99. The van der Waals surface area contributed by atoms with Crippen molar-refractivity contribution in [3.63, 3.8) is 0 Å². The van der Waals surface area contributed by atoms with Gasteiger partial charge in [0.1, 0.15) is 23.3 Å². The van der Waals surface area contributed by atoms with Crippen LogP contribution in [-0.2, 0) is 6.54 Å². The molecule has 1 atom stereocenters. The topological polar surface area (TPSA) is 159 Å². The molecular weight excluding hydrogens is 343 g/mol. The van der Waals surface area contributed by atoms with Crippen LogP contribution in [0.2, 0.25) is 0 Å². The minimum Gasteiger partial charge on any atom is -0.473 e. The Kier molecular flexibility index (Phi) is 6.09. The van der Waals surface area contributed by atoms with Gasteiger partial charge in [-0.3, -0.25) is 4.79 Å². The van der Waals surface area contributed by atoms with Crippen LogP contribution in [0, 0.1) is 5.82 Å². The van der Waals surface area contributed by atoms with Crippen molar-refractivity contribution in [2.75, 3.05) is 12.0 Å². The number of hydrogen-bond acceptors (Lipinski definition) is 8. The number of hydrazine groups is 1. The molecule has 2 rings (SSSR count). The zero-order valence-corrected chi connectivity index (χ0v) is 14.2. The third-order valence-electron chi connectivity index (χ3n) is 3.40. The predicted molar refractivity (Wildman–Crippen MR) is 94.1 cm³/mol. The van der Waals surface area contributed by atoms with Crippen LogP contribution in [-0.4, -0.2) is 33.3 Å². The molecule has 0 aliphatic rings. The third kappa shape index (κ3) is 4.26. The highest BCUT2D eigenvalue weighted by atomic mass is 19.1. The molecule has 2 aromatic rings. The van der Waals surface area contributed by atoms with Crippen molar-refractivity contribution in [3.8, 4) is 5.88 Å². The summed E-state index contributed by atoms with van der Waals surface area (Å²) in [5.41, 5.74) is 14.1. The molecule has 0 aromatic carbocycles. The lowest BCUT2D eigenvalue weighted by Crippen LogP contribution is -2.34. The maximum Gasteiger partial charge on any atom is 0.256 e. The van der Waals surface area contributed by atoms with Gasteiger partial charge in [0.25, 0.3) is 5.91 Å². The normalized spacial score (nSPS) is 11.7. The molecule has 0 aliphatic heterocycles. The number of pyridine rings is 1. The molecule has 0 saturated carbocycles. The number of nitrogens with zero attached hydrogens (tertiary/aromatic N) is 3. The van der Waals surface area contributed by atoms with Gasteiger partial charge in [0.2, 0.25) is 5.88 Å². The van der Waals surface area contributed by atoms with E-state index in [1.54, 1.807) is 6.92 Å². The minimum atomic E-state index is -0.501. The van der Waals surface area contributed by atoms with E-state index < -0.39 is 17.8 Å². The van der Waals surface area contributed by atoms with Gasteiger partial charge in [-0.25, -0.2) is 19.9 Å². The molecule has 0 bridgehead atoms. The molecule has 11 heteroatoms. The summed E-state index contributed by atoms with van der Waals surface area (Å²) in [6, 6.07) is 1.25. The van der Waals surface area contributed by atoms with E-state index in [4.69, 9.17) is 22.0 Å². The Morgan fingerprint density at radius 1 is 1.50 bits per heavy atom. The zero-order valence-electron chi connectivity index (χ0n) is 14.2. The molecule has 0 radical (unpaired) electrons. The quantitative estimate of drug-likeness (QED) is 0.316. The first-order valence-electron chi connectivity index (χ1n) is 7.66. The Balaban J connectivity index is 2.00. The summed E-state index contributed by atoms with van der Waals surface area (Å²) in [5, 5.41) is 6.61. The van der Waals surface area contributed by atoms with Crippen LogP contribution in [0.15, 0.2) is 25.0 Å². The lowest BCUT2D eigenvalue weighted by atomic mass is 10.2. The van der Waals surface area contributed by atoms with Crippen LogP contribution in [0.1, 0.15) is 22.8 Å². The number of carbonyl (C=O) groups is 1. The average molecular weight is 364 g/mol. The summed E-state index contributed by atoms with van der Waals surface area (Å²) >= 11 is 0. The number of hydrogen-bond donors (Lipinski definition) is 5. The van der Waals surface area contributed by atoms with Gasteiger partial charge in [0.05, 0.1) is 18.9 Å². The molecular formula is C15H21FN8O2. The van der Waals surface area contributed by atoms with Gasteiger partial charge in [-0.05, 0) is 13.0 Å². The van der Waals surface area contributed by atoms with Crippen LogP contribution in [0.3, 0.4) is 0 Å². The second kappa shape index (κ2) is 8.27. The van der Waals surface area contributed by atoms with Crippen molar-refractivity contribution in [2.45, 2.75) is 19.6 Å². The van der Waals surface area contributed by atoms with E-state index in [9.17, 15) is 9.18 Å². The predicted octanol–water partition coefficient (Wildman–Crippen LogP) is -0.254. The van der Waals surface area contributed by atoms with E-state index in [1.807, 2.05) is 0 Å². The molecule has 26 heavy (non-hydrogen) atoms. The van der Waals surface area contributed by atoms with Crippen molar-refractivity contribution in [2.24, 2.45) is 17.3 Å². The fourth-order valence-electron chi connectivity index (χ4n) is 2.16. The number of amides is 1. The number of nitrogens with two attached hydrogens (primary N) is 3. The number of aromatic nitrogens is 3. The number of nitrogens with one attached hydrogen (secondary N) is 2. The van der Waals surface area contributed by atoms with Gasteiger partial charge in [-0.1, -0.05) is 6.58 Å². The first-order chi connectivity index (χ1) is 12.4. The molecule has 1 amide bonds. The summed E-state index contributed by atoms with van der Waals surface area (Å²) in [6.07, 6.45) is 1.89. The fraction of sp³-hybridized carbons (Fsp3) is 0.267. The molecule has 0 spiro atoms. The number of anilines is 1. The number of nitrogen functional groups attached to an aromatic ring is 1. The Bertz CT molecular complexity index is 807. The first kappa shape index (κ1) is 19.1. The molecule has 10 nitrogen and oxygen atoms in total. The van der Waals surface area contributed by atoms with E-state index in [-0.39, 0.29) is 36.2 Å². The van der Waals surface area contributed by atoms with Gasteiger partial charge >= 0.3 is 0 Å². The lowest BCUT2D eigenvalue weighted by Gasteiger charge is -2.16. The van der Waals surface area contributed by atoms with E-state index in [2.05, 4.69) is 27.4 Å². The number of halogens is 1. The lowest BCUT2D eigenvalue weighted by molar-refractivity contribution is 0.0931. The third-order valence-corrected chi connectivity index (χ3v) is 3.40. The second-order valence-corrected chi connectivity index (χ2v) is 5.41. The van der Waals surface area contributed by atoms with Gasteiger partial charge in [-0.15, -0.1) is 0 Å². The molecule has 8 N–H and O–H groups in total. The Morgan fingerprint density at radius 2 is 2.23 bits per heavy atom. The van der Waals surface area contributed by atoms with Crippen LogP contribution in [0.5, 0.6) is 5.88 Å². The van der Waals surface area contributed by atoms with Gasteiger partial charge in [-0.2, -0.15) is 5.10 Å². The van der Waals surface area contributed by atoms with Crippen LogP contribution >= 0.6 is 0 Å². The summed E-state index contributed by atoms with van der Waals surface area (Å²) in [4.78, 5) is 16.2. The van der Waals surface area contributed by atoms with Crippen molar-refractivity contribution in [3.05, 3.63) is 42.0 Å². The van der Waals surface area contributed by atoms with Crippen molar-refractivity contribution in [1.82, 2.24) is 20.1 Å². The molecule has 0 saturated heterocycles. The maximum atomic E-state index is 13.2. The number of carbonyl (C=O) groups excluding carboxylic acids is 1. The van der Waals surface area contributed by atoms with E-state index in [0.29, 0.717) is 5.56 Å². The Labute approximate surface area is 149 Å². The van der Waals surface area contributed by atoms with Crippen molar-refractivity contribution in [1.29, 1.82) is 0 Å². The van der Waals surface area contributed by atoms with Crippen LogP contribution < -0.4 is 32.8 Å². The first-order valence-corrected chi connectivity index (χ1v) is 7.66. The van der Waals surface area contributed by atoms with Gasteiger partial charge < -0.3 is 26.9 Å². The van der Waals surface area contributed by atoms with E-state index in [1.165, 1.54) is 16.9 Å². The monoisotopic (exact) mass is 364 g/mol.